The maximum absolute atomic E-state index is 9.38. The SMILES string of the molecule is Cc1c(C#N)ccc2c1CCCN2c1n[nH]c2nc(N3CCC(C)(CN)CC3)cnc12. The van der Waals surface area contributed by atoms with Gasteiger partial charge in [0.05, 0.1) is 17.8 Å². The fourth-order valence-corrected chi connectivity index (χ4v) is 4.79. The Balaban J connectivity index is 1.46. The van der Waals surface area contributed by atoms with E-state index in [1.54, 1.807) is 0 Å². The Morgan fingerprint density at radius 2 is 2.06 bits per heavy atom. The summed E-state index contributed by atoms with van der Waals surface area (Å²) in [4.78, 5) is 14.1. The monoisotopic (exact) mass is 416 g/mol. The number of rotatable bonds is 3. The summed E-state index contributed by atoms with van der Waals surface area (Å²) in [7, 11) is 0. The number of benzene rings is 1. The molecule has 0 atom stereocenters. The molecule has 0 unspecified atom stereocenters. The Hall–Kier alpha value is -3.18. The van der Waals surface area contributed by atoms with Crippen LogP contribution in [0.25, 0.3) is 11.2 Å². The van der Waals surface area contributed by atoms with Gasteiger partial charge in [0.2, 0.25) is 0 Å². The maximum Gasteiger partial charge on any atom is 0.183 e. The van der Waals surface area contributed by atoms with E-state index in [0.29, 0.717) is 5.65 Å². The zero-order valence-electron chi connectivity index (χ0n) is 18.1. The first kappa shape index (κ1) is 19.8. The van der Waals surface area contributed by atoms with E-state index in [0.717, 1.165) is 85.8 Å². The first-order valence-electron chi connectivity index (χ1n) is 11.0. The van der Waals surface area contributed by atoms with Crippen LogP contribution in [0.4, 0.5) is 17.3 Å². The normalized spacial score (nSPS) is 18.1. The highest BCUT2D eigenvalue weighted by Crippen LogP contribution is 2.38. The van der Waals surface area contributed by atoms with Crippen LogP contribution in [0.15, 0.2) is 18.3 Å². The van der Waals surface area contributed by atoms with Gasteiger partial charge >= 0.3 is 0 Å². The summed E-state index contributed by atoms with van der Waals surface area (Å²) in [5, 5.41) is 17.1. The number of fused-ring (bicyclic) bond motifs is 2. The van der Waals surface area contributed by atoms with Crippen LogP contribution >= 0.6 is 0 Å². The number of nitrogens with zero attached hydrogens (tertiary/aromatic N) is 6. The van der Waals surface area contributed by atoms with E-state index in [9.17, 15) is 5.26 Å². The first-order valence-corrected chi connectivity index (χ1v) is 11.0. The standard InChI is InChI=1S/C23H28N8/c1-15-16(12-24)5-6-18-17(15)4-3-9-31(18)22-20-21(28-29-22)27-19(13-26-20)30-10-7-23(2,14-25)8-11-30/h5-6,13H,3-4,7-11,14,25H2,1-2H3,(H,27,28,29). The van der Waals surface area contributed by atoms with Crippen LogP contribution in [0.2, 0.25) is 0 Å². The quantitative estimate of drug-likeness (QED) is 0.674. The number of hydrogen-bond donors (Lipinski definition) is 2. The minimum atomic E-state index is 0.223. The van der Waals surface area contributed by atoms with Crippen LogP contribution in [0.3, 0.4) is 0 Å². The van der Waals surface area contributed by atoms with Gasteiger partial charge in [0.25, 0.3) is 0 Å². The number of piperidine rings is 1. The number of nitrogens with two attached hydrogens (primary N) is 1. The minimum absolute atomic E-state index is 0.223. The van der Waals surface area contributed by atoms with Gasteiger partial charge in [-0.2, -0.15) is 10.4 Å². The lowest BCUT2D eigenvalue weighted by Gasteiger charge is -2.39. The molecule has 1 saturated heterocycles. The molecular weight excluding hydrogens is 388 g/mol. The highest BCUT2D eigenvalue weighted by Gasteiger charge is 2.30. The van der Waals surface area contributed by atoms with Gasteiger partial charge in [0, 0.05) is 25.3 Å². The van der Waals surface area contributed by atoms with Gasteiger partial charge in [-0.3, -0.25) is 5.10 Å². The van der Waals surface area contributed by atoms with Crippen LogP contribution in [0, 0.1) is 23.7 Å². The molecule has 2 aromatic heterocycles. The number of nitriles is 1. The molecule has 8 heteroatoms. The molecule has 0 spiro atoms. The van der Waals surface area contributed by atoms with Crippen molar-refractivity contribution >= 4 is 28.5 Å². The molecular formula is C23H28N8. The molecule has 2 aliphatic rings. The van der Waals surface area contributed by atoms with Crippen molar-refractivity contribution in [3.63, 3.8) is 0 Å². The van der Waals surface area contributed by atoms with Crippen molar-refractivity contribution in [2.45, 2.75) is 39.5 Å². The Morgan fingerprint density at radius 1 is 1.26 bits per heavy atom. The molecule has 0 radical (unpaired) electrons. The summed E-state index contributed by atoms with van der Waals surface area (Å²) in [6, 6.07) is 6.23. The topological polar surface area (TPSA) is 111 Å². The van der Waals surface area contributed by atoms with Gasteiger partial charge in [-0.1, -0.05) is 6.92 Å². The molecule has 1 fully saturated rings. The lowest BCUT2D eigenvalue weighted by molar-refractivity contribution is 0.258. The summed E-state index contributed by atoms with van der Waals surface area (Å²) in [6.07, 6.45) is 5.97. The van der Waals surface area contributed by atoms with Crippen molar-refractivity contribution < 1.29 is 0 Å². The number of aromatic nitrogens is 4. The van der Waals surface area contributed by atoms with Gasteiger partial charge in [-0.05, 0) is 67.8 Å². The summed E-state index contributed by atoms with van der Waals surface area (Å²) in [5.41, 5.74) is 11.8. The highest BCUT2D eigenvalue weighted by molar-refractivity contribution is 5.88. The Bertz CT molecular complexity index is 1170. The first-order chi connectivity index (χ1) is 15.0. The van der Waals surface area contributed by atoms with E-state index in [4.69, 9.17) is 15.7 Å². The number of aromatic amines is 1. The maximum atomic E-state index is 9.38. The Kier molecular flexibility index (Phi) is 4.78. The average molecular weight is 417 g/mol. The third kappa shape index (κ3) is 3.29. The summed E-state index contributed by atoms with van der Waals surface area (Å²) in [6.45, 7) is 7.76. The van der Waals surface area contributed by atoms with Crippen molar-refractivity contribution in [3.8, 4) is 6.07 Å². The van der Waals surface area contributed by atoms with E-state index in [1.165, 1.54) is 5.56 Å². The number of H-pyrrole nitrogens is 1. The fraction of sp³-hybridized carbons (Fsp3) is 0.478. The van der Waals surface area contributed by atoms with Crippen molar-refractivity contribution in [2.75, 3.05) is 36.0 Å². The Morgan fingerprint density at radius 3 is 2.81 bits per heavy atom. The number of nitrogens with one attached hydrogen (secondary N) is 1. The molecule has 1 aromatic carbocycles. The van der Waals surface area contributed by atoms with Crippen molar-refractivity contribution in [2.24, 2.45) is 11.1 Å². The third-order valence-electron chi connectivity index (χ3n) is 7.08. The smallest absolute Gasteiger partial charge is 0.183 e. The van der Waals surface area contributed by atoms with Crippen LogP contribution in [-0.4, -0.2) is 46.3 Å². The predicted octanol–water partition coefficient (Wildman–Crippen LogP) is 3.18. The molecule has 3 aromatic rings. The van der Waals surface area contributed by atoms with Gasteiger partial charge in [-0.25, -0.2) is 9.97 Å². The Labute approximate surface area is 182 Å². The highest BCUT2D eigenvalue weighted by atomic mass is 15.3. The molecule has 31 heavy (non-hydrogen) atoms. The zero-order valence-corrected chi connectivity index (χ0v) is 18.1. The molecule has 0 aliphatic carbocycles. The fourth-order valence-electron chi connectivity index (χ4n) is 4.79. The van der Waals surface area contributed by atoms with E-state index in [1.807, 2.05) is 25.3 Å². The molecule has 3 N–H and O–H groups in total. The van der Waals surface area contributed by atoms with Gasteiger partial charge in [-0.15, -0.1) is 0 Å². The molecule has 160 valence electrons. The molecule has 5 rings (SSSR count). The molecule has 4 heterocycles. The summed E-state index contributed by atoms with van der Waals surface area (Å²) < 4.78 is 0. The van der Waals surface area contributed by atoms with Crippen molar-refractivity contribution in [1.82, 2.24) is 20.2 Å². The average Bonchev–Trinajstić information content (AvgIpc) is 3.23. The lowest BCUT2D eigenvalue weighted by Crippen LogP contribution is -2.42. The number of anilines is 3. The van der Waals surface area contributed by atoms with Crippen LogP contribution in [0.5, 0.6) is 0 Å². The second-order valence-electron chi connectivity index (χ2n) is 9.08. The van der Waals surface area contributed by atoms with E-state index in [-0.39, 0.29) is 5.41 Å². The summed E-state index contributed by atoms with van der Waals surface area (Å²) in [5.74, 6) is 1.68. The molecule has 8 nitrogen and oxygen atoms in total. The van der Waals surface area contributed by atoms with E-state index < -0.39 is 0 Å². The second-order valence-corrected chi connectivity index (χ2v) is 9.08. The third-order valence-corrected chi connectivity index (χ3v) is 7.08. The zero-order chi connectivity index (χ0) is 21.6. The van der Waals surface area contributed by atoms with Gasteiger partial charge in [0.1, 0.15) is 5.82 Å². The van der Waals surface area contributed by atoms with Crippen LogP contribution < -0.4 is 15.5 Å². The van der Waals surface area contributed by atoms with Gasteiger partial charge in [0.15, 0.2) is 17.0 Å². The second kappa shape index (κ2) is 7.50. The molecule has 0 saturated carbocycles. The molecule has 0 amide bonds. The van der Waals surface area contributed by atoms with E-state index >= 15 is 0 Å². The van der Waals surface area contributed by atoms with Crippen LogP contribution in [-0.2, 0) is 6.42 Å². The summed E-state index contributed by atoms with van der Waals surface area (Å²) >= 11 is 0. The number of hydrogen-bond acceptors (Lipinski definition) is 7. The molecule has 2 aliphatic heterocycles. The minimum Gasteiger partial charge on any atom is -0.355 e. The van der Waals surface area contributed by atoms with Crippen molar-refractivity contribution in [3.05, 3.63) is 35.0 Å². The van der Waals surface area contributed by atoms with Crippen molar-refractivity contribution in [1.29, 1.82) is 5.26 Å². The largest absolute Gasteiger partial charge is 0.355 e. The van der Waals surface area contributed by atoms with Gasteiger partial charge < -0.3 is 15.5 Å². The van der Waals surface area contributed by atoms with E-state index in [2.05, 4.69) is 33.0 Å². The van der Waals surface area contributed by atoms with Crippen LogP contribution in [0.1, 0.15) is 42.9 Å². The molecule has 0 bridgehead atoms. The predicted molar refractivity (Wildman–Crippen MR) is 122 cm³/mol. The lowest BCUT2D eigenvalue weighted by atomic mass is 9.80.